The summed E-state index contributed by atoms with van der Waals surface area (Å²) in [6.07, 6.45) is 0.143. The first-order valence-corrected chi connectivity index (χ1v) is 12.8. The van der Waals surface area contributed by atoms with E-state index in [2.05, 4.69) is 0 Å². The molecule has 0 saturated heterocycles. The van der Waals surface area contributed by atoms with Crippen molar-refractivity contribution >= 4 is 17.5 Å². The van der Waals surface area contributed by atoms with Crippen LogP contribution in [-0.2, 0) is 19.1 Å². The molecule has 0 aliphatic heterocycles. The molecule has 4 rings (SSSR count). The van der Waals surface area contributed by atoms with E-state index in [4.69, 9.17) is 10.00 Å². The first-order chi connectivity index (χ1) is 16.8. The number of ketones is 2. The molecule has 200 valence electrons. The first kappa shape index (κ1) is 26.9. The molecule has 36 heavy (non-hydrogen) atoms. The highest BCUT2D eigenvalue weighted by atomic mass is 19.1. The second-order valence-electron chi connectivity index (χ2n) is 11.9. The Balaban J connectivity index is 1.59. The zero-order chi connectivity index (χ0) is 26.7. The summed E-state index contributed by atoms with van der Waals surface area (Å²) in [5.41, 5.74) is -6.00. The van der Waals surface area contributed by atoms with Crippen LogP contribution in [0.1, 0.15) is 65.7 Å². The van der Waals surface area contributed by atoms with Gasteiger partial charge in [0.2, 0.25) is 12.0 Å². The normalized spacial score (nSPS) is 46.5. The summed E-state index contributed by atoms with van der Waals surface area (Å²) >= 11 is 0. The Morgan fingerprint density at radius 1 is 1.28 bits per heavy atom. The Labute approximate surface area is 209 Å². The number of hydrogen-bond acceptors (Lipinski definition) is 8. The molecule has 0 amide bonds. The monoisotopic (exact) mass is 510 g/mol. The molecule has 10 heteroatoms. The molecule has 3 N–H and O–H groups in total. The standard InChI is InChI=1S/C26H36F2N2O6/c1-14-8-18-17-5-4-15-9-16(31)6-7-23(15,2)25(17,28)20(32)10-24(18,3)26(14,35)21(33)12-36-22(34)19(27)11-30-13-29/h14-15,17-20,30,32,35H,4-12H2,1-3H3/t14-,15?,17?,18?,19?,20-,23-,24-,25-,26-/m0/s1. The first-order valence-electron chi connectivity index (χ1n) is 12.8. The number of aliphatic hydroxyl groups is 2. The SMILES string of the molecule is C[C@H]1CC2C3CCC4CC(=O)CC[C@]4(C)[C@@]3(F)[C@@H](O)C[C@]2(C)[C@@]1(O)C(=O)COC(=O)C(F)CNC#N. The smallest absolute Gasteiger partial charge is 0.343 e. The van der Waals surface area contributed by atoms with E-state index in [0.29, 0.717) is 32.1 Å². The van der Waals surface area contributed by atoms with E-state index in [-0.39, 0.29) is 24.5 Å². The predicted molar refractivity (Wildman–Crippen MR) is 122 cm³/mol. The van der Waals surface area contributed by atoms with E-state index in [0.717, 1.165) is 0 Å². The largest absolute Gasteiger partial charge is 0.455 e. The molecule has 8 nitrogen and oxygen atoms in total. The Kier molecular flexibility index (Phi) is 6.74. The average Bonchev–Trinajstić information content (AvgIpc) is 3.03. The lowest BCUT2D eigenvalue weighted by Crippen LogP contribution is -2.71. The lowest BCUT2D eigenvalue weighted by atomic mass is 9.42. The summed E-state index contributed by atoms with van der Waals surface area (Å²) in [6, 6.07) is 0. The quantitative estimate of drug-likeness (QED) is 0.281. The summed E-state index contributed by atoms with van der Waals surface area (Å²) in [5.74, 6) is -3.77. The van der Waals surface area contributed by atoms with Crippen molar-refractivity contribution in [2.45, 2.75) is 89.3 Å². The van der Waals surface area contributed by atoms with Crippen LogP contribution in [0.4, 0.5) is 8.78 Å². The van der Waals surface area contributed by atoms with E-state index < -0.39 is 77.0 Å². The molecule has 0 aromatic rings. The third-order valence-electron chi connectivity index (χ3n) is 10.5. The molecule has 0 spiro atoms. The van der Waals surface area contributed by atoms with Crippen molar-refractivity contribution in [3.05, 3.63) is 0 Å². The molecular formula is C26H36F2N2O6. The van der Waals surface area contributed by atoms with Gasteiger partial charge < -0.3 is 20.3 Å². The lowest BCUT2D eigenvalue weighted by Gasteiger charge is -2.65. The minimum atomic E-state index is -2.15. The second-order valence-corrected chi connectivity index (χ2v) is 11.9. The van der Waals surface area contributed by atoms with Crippen LogP contribution in [0.15, 0.2) is 0 Å². The molecule has 4 fully saturated rings. The van der Waals surface area contributed by atoms with Gasteiger partial charge in [-0.25, -0.2) is 13.6 Å². The van der Waals surface area contributed by atoms with Gasteiger partial charge in [0.1, 0.15) is 17.1 Å². The molecular weight excluding hydrogens is 474 g/mol. The highest BCUT2D eigenvalue weighted by Gasteiger charge is 2.76. The van der Waals surface area contributed by atoms with Gasteiger partial charge in [0.05, 0.1) is 12.6 Å². The van der Waals surface area contributed by atoms with Crippen LogP contribution in [0.5, 0.6) is 0 Å². The van der Waals surface area contributed by atoms with E-state index in [1.165, 1.54) is 6.19 Å². The number of carbonyl (C=O) groups is 3. The predicted octanol–water partition coefficient (Wildman–Crippen LogP) is 2.16. The maximum absolute atomic E-state index is 17.2. The molecule has 10 atom stereocenters. The van der Waals surface area contributed by atoms with Gasteiger partial charge in [0.15, 0.2) is 12.8 Å². The minimum Gasteiger partial charge on any atom is -0.455 e. The summed E-state index contributed by atoms with van der Waals surface area (Å²) < 4.78 is 35.9. The number of nitrogens with zero attached hydrogens (tertiary/aromatic N) is 1. The molecule has 4 aliphatic carbocycles. The third kappa shape index (κ3) is 3.52. The van der Waals surface area contributed by atoms with Crippen molar-refractivity contribution < 1.29 is 38.1 Å². The van der Waals surface area contributed by atoms with Gasteiger partial charge in [-0.15, -0.1) is 0 Å². The van der Waals surface area contributed by atoms with Crippen LogP contribution in [-0.4, -0.2) is 64.4 Å². The van der Waals surface area contributed by atoms with Crippen LogP contribution in [0, 0.1) is 46.0 Å². The van der Waals surface area contributed by atoms with Gasteiger partial charge in [-0.3, -0.25) is 9.59 Å². The zero-order valence-corrected chi connectivity index (χ0v) is 21.1. The lowest BCUT2D eigenvalue weighted by molar-refractivity contribution is -0.255. The molecule has 4 unspecified atom stereocenters. The number of aliphatic hydroxyl groups excluding tert-OH is 1. The molecule has 0 bridgehead atoms. The fourth-order valence-corrected chi connectivity index (χ4v) is 8.54. The fourth-order valence-electron chi connectivity index (χ4n) is 8.54. The zero-order valence-electron chi connectivity index (χ0n) is 21.1. The number of ether oxygens (including phenoxy) is 1. The average molecular weight is 511 g/mol. The Hall–Kier alpha value is -2.12. The molecule has 0 heterocycles. The van der Waals surface area contributed by atoms with Crippen molar-refractivity contribution in [1.29, 1.82) is 5.26 Å². The highest BCUT2D eigenvalue weighted by Crippen LogP contribution is 2.71. The van der Waals surface area contributed by atoms with E-state index >= 15 is 4.39 Å². The third-order valence-corrected chi connectivity index (χ3v) is 10.5. The number of Topliss-reactive ketones (excluding diaryl/α,β-unsaturated/α-hetero) is 2. The minimum absolute atomic E-state index is 0.123. The number of rotatable bonds is 6. The number of nitriles is 1. The maximum Gasteiger partial charge on any atom is 0.343 e. The van der Waals surface area contributed by atoms with E-state index in [1.807, 2.05) is 12.2 Å². The summed E-state index contributed by atoms with van der Waals surface area (Å²) in [5, 5.41) is 33.6. The number of carbonyl (C=O) groups excluding carboxylic acids is 3. The summed E-state index contributed by atoms with van der Waals surface area (Å²) in [7, 11) is 0. The van der Waals surface area contributed by atoms with Gasteiger partial charge in [0.25, 0.3) is 0 Å². The Morgan fingerprint density at radius 3 is 2.64 bits per heavy atom. The second kappa shape index (κ2) is 9.02. The molecule has 0 radical (unpaired) electrons. The number of nitrogens with one attached hydrogen (secondary N) is 1. The topological polar surface area (TPSA) is 137 Å². The maximum atomic E-state index is 17.2. The number of esters is 1. The van der Waals surface area contributed by atoms with E-state index in [9.17, 15) is 29.0 Å². The van der Waals surface area contributed by atoms with Gasteiger partial charge in [0, 0.05) is 23.7 Å². The van der Waals surface area contributed by atoms with Gasteiger partial charge in [-0.05, 0) is 55.8 Å². The van der Waals surface area contributed by atoms with Crippen molar-refractivity contribution in [2.24, 2.45) is 34.5 Å². The van der Waals surface area contributed by atoms with Gasteiger partial charge in [-0.2, -0.15) is 5.26 Å². The Morgan fingerprint density at radius 2 is 1.97 bits per heavy atom. The van der Waals surface area contributed by atoms with Crippen LogP contribution >= 0.6 is 0 Å². The molecule has 0 aromatic carbocycles. The summed E-state index contributed by atoms with van der Waals surface area (Å²) in [4.78, 5) is 37.3. The summed E-state index contributed by atoms with van der Waals surface area (Å²) in [6.45, 7) is 3.76. The van der Waals surface area contributed by atoms with Crippen LogP contribution in [0.3, 0.4) is 0 Å². The van der Waals surface area contributed by atoms with Crippen molar-refractivity contribution in [2.75, 3.05) is 13.2 Å². The molecule has 4 aliphatic rings. The number of halogens is 2. The number of hydrogen-bond donors (Lipinski definition) is 3. The fraction of sp³-hybridized carbons (Fsp3) is 0.846. The number of fused-ring (bicyclic) bond motifs is 5. The van der Waals surface area contributed by atoms with Gasteiger partial charge >= 0.3 is 5.97 Å². The molecule has 4 saturated carbocycles. The van der Waals surface area contributed by atoms with Crippen LogP contribution in [0.2, 0.25) is 0 Å². The number of alkyl halides is 2. The van der Waals surface area contributed by atoms with E-state index in [1.54, 1.807) is 13.8 Å². The van der Waals surface area contributed by atoms with Crippen molar-refractivity contribution in [3.8, 4) is 6.19 Å². The van der Waals surface area contributed by atoms with Crippen molar-refractivity contribution in [1.82, 2.24) is 5.32 Å². The van der Waals surface area contributed by atoms with Crippen molar-refractivity contribution in [3.63, 3.8) is 0 Å². The molecule has 0 aromatic heterocycles. The van der Waals surface area contributed by atoms with Crippen LogP contribution in [0.25, 0.3) is 0 Å². The van der Waals surface area contributed by atoms with Gasteiger partial charge in [-0.1, -0.05) is 20.8 Å². The van der Waals surface area contributed by atoms with Crippen LogP contribution < -0.4 is 5.32 Å². The Bertz CT molecular complexity index is 988. The highest BCUT2D eigenvalue weighted by molar-refractivity contribution is 5.92.